The number of aromatic nitrogens is 1. The molecule has 86 valence electrons. The predicted molar refractivity (Wildman–Crippen MR) is 64.4 cm³/mol. The Morgan fingerprint density at radius 1 is 1.60 bits per heavy atom. The first kappa shape index (κ1) is 12.6. The molecular formula is C11H20N2OS. The fraction of sp³-hybridized carbons (Fsp3) is 0.727. The van der Waals surface area contributed by atoms with Gasteiger partial charge in [-0.3, -0.25) is 0 Å². The topological polar surface area (TPSA) is 34.1 Å². The van der Waals surface area contributed by atoms with Gasteiger partial charge in [0.1, 0.15) is 0 Å². The lowest BCUT2D eigenvalue weighted by atomic mass is 10.1. The number of hydrogen-bond donors (Lipinski definition) is 1. The van der Waals surface area contributed by atoms with Gasteiger partial charge >= 0.3 is 0 Å². The van der Waals surface area contributed by atoms with Crippen LogP contribution in [-0.4, -0.2) is 31.3 Å². The Hall–Kier alpha value is -0.450. The van der Waals surface area contributed by atoms with Crippen molar-refractivity contribution in [2.45, 2.75) is 32.2 Å². The number of hydrogen-bond acceptors (Lipinski definition) is 4. The Labute approximate surface area is 95.9 Å². The summed E-state index contributed by atoms with van der Waals surface area (Å²) in [6, 6.07) is 0.525. The Balaban J connectivity index is 2.18. The van der Waals surface area contributed by atoms with Gasteiger partial charge in [0.05, 0.1) is 5.01 Å². The largest absolute Gasteiger partial charge is 0.382 e. The van der Waals surface area contributed by atoms with E-state index in [1.807, 2.05) is 25.5 Å². The molecule has 1 N–H and O–H groups in total. The zero-order valence-electron chi connectivity index (χ0n) is 9.53. The summed E-state index contributed by atoms with van der Waals surface area (Å²) in [4.78, 5) is 4.30. The lowest BCUT2D eigenvalue weighted by Crippen LogP contribution is -2.27. The molecule has 0 bridgehead atoms. The quantitative estimate of drug-likeness (QED) is 0.692. The Bertz CT molecular complexity index is 239. The van der Waals surface area contributed by atoms with E-state index in [0.29, 0.717) is 6.04 Å². The first-order chi connectivity index (χ1) is 7.36. The molecule has 1 heterocycles. The summed E-state index contributed by atoms with van der Waals surface area (Å²) >= 11 is 1.73. The van der Waals surface area contributed by atoms with Crippen molar-refractivity contribution < 1.29 is 4.74 Å². The lowest BCUT2D eigenvalue weighted by Gasteiger charge is -2.14. The predicted octanol–water partition coefficient (Wildman–Crippen LogP) is 2.09. The normalized spacial score (nSPS) is 12.9. The molecular weight excluding hydrogens is 208 g/mol. The van der Waals surface area contributed by atoms with Gasteiger partial charge in [-0.05, 0) is 26.8 Å². The summed E-state index contributed by atoms with van der Waals surface area (Å²) in [5.41, 5.74) is 0. The molecule has 0 amide bonds. The second kappa shape index (κ2) is 7.79. The van der Waals surface area contributed by atoms with E-state index < -0.39 is 0 Å². The lowest BCUT2D eigenvalue weighted by molar-refractivity contribution is 0.141. The monoisotopic (exact) mass is 228 g/mol. The highest BCUT2D eigenvalue weighted by molar-refractivity contribution is 7.09. The molecule has 0 aliphatic heterocycles. The van der Waals surface area contributed by atoms with Crippen LogP contribution in [0.4, 0.5) is 0 Å². The average Bonchev–Trinajstić information content (AvgIpc) is 2.75. The molecule has 0 aliphatic rings. The molecule has 0 aromatic carbocycles. The van der Waals surface area contributed by atoms with Gasteiger partial charge in [0.25, 0.3) is 0 Å². The van der Waals surface area contributed by atoms with Crippen LogP contribution >= 0.6 is 11.3 Å². The summed E-state index contributed by atoms with van der Waals surface area (Å²) in [6.07, 6.45) is 5.16. The molecule has 1 aromatic heterocycles. The third-order valence-electron chi connectivity index (χ3n) is 2.36. The van der Waals surface area contributed by atoms with Crippen molar-refractivity contribution in [3.05, 3.63) is 16.6 Å². The third kappa shape index (κ3) is 5.25. The summed E-state index contributed by atoms with van der Waals surface area (Å²) < 4.78 is 5.32. The highest BCUT2D eigenvalue weighted by atomic mass is 32.1. The van der Waals surface area contributed by atoms with Crippen LogP contribution in [0, 0.1) is 0 Å². The van der Waals surface area contributed by atoms with Gasteiger partial charge < -0.3 is 10.1 Å². The van der Waals surface area contributed by atoms with Gasteiger partial charge in [-0.2, -0.15) is 0 Å². The number of thiazole rings is 1. The van der Waals surface area contributed by atoms with Crippen LogP contribution in [0.5, 0.6) is 0 Å². The number of ether oxygens (including phenoxy) is 1. The summed E-state index contributed by atoms with van der Waals surface area (Å²) in [5.74, 6) is 0. The highest BCUT2D eigenvalue weighted by Gasteiger charge is 2.08. The minimum atomic E-state index is 0.525. The van der Waals surface area contributed by atoms with Gasteiger partial charge in [0.15, 0.2) is 0 Å². The average molecular weight is 228 g/mol. The van der Waals surface area contributed by atoms with Crippen molar-refractivity contribution in [3.63, 3.8) is 0 Å². The van der Waals surface area contributed by atoms with Crippen LogP contribution in [0.25, 0.3) is 0 Å². The first-order valence-electron chi connectivity index (χ1n) is 5.50. The third-order valence-corrected chi connectivity index (χ3v) is 3.16. The van der Waals surface area contributed by atoms with Gasteiger partial charge in [0.2, 0.25) is 0 Å². The molecule has 3 nitrogen and oxygen atoms in total. The van der Waals surface area contributed by atoms with Crippen molar-refractivity contribution in [1.82, 2.24) is 10.3 Å². The Morgan fingerprint density at radius 2 is 2.47 bits per heavy atom. The zero-order chi connectivity index (χ0) is 10.9. The van der Waals surface area contributed by atoms with Crippen LogP contribution in [0.15, 0.2) is 11.6 Å². The van der Waals surface area contributed by atoms with E-state index >= 15 is 0 Å². The van der Waals surface area contributed by atoms with Crippen LogP contribution in [0.3, 0.4) is 0 Å². The Kier molecular flexibility index (Phi) is 6.55. The number of nitrogens with one attached hydrogen (secondary N) is 1. The fourth-order valence-electron chi connectivity index (χ4n) is 1.49. The van der Waals surface area contributed by atoms with E-state index in [-0.39, 0.29) is 0 Å². The zero-order valence-corrected chi connectivity index (χ0v) is 10.3. The molecule has 1 atom stereocenters. The van der Waals surface area contributed by atoms with Gasteiger partial charge in [0, 0.05) is 37.3 Å². The SMILES string of the molecule is CCOCCCC(Cc1nccs1)NC. The van der Waals surface area contributed by atoms with Crippen LogP contribution in [0.1, 0.15) is 24.8 Å². The number of nitrogens with zero attached hydrogens (tertiary/aromatic N) is 1. The molecule has 0 saturated heterocycles. The van der Waals surface area contributed by atoms with Crippen LogP contribution in [0.2, 0.25) is 0 Å². The van der Waals surface area contributed by atoms with Gasteiger partial charge in [-0.1, -0.05) is 0 Å². The van der Waals surface area contributed by atoms with E-state index in [2.05, 4.69) is 10.3 Å². The summed E-state index contributed by atoms with van der Waals surface area (Å²) in [6.45, 7) is 3.72. The van der Waals surface area contributed by atoms with Crippen molar-refractivity contribution in [2.24, 2.45) is 0 Å². The molecule has 0 fully saturated rings. The van der Waals surface area contributed by atoms with E-state index in [1.54, 1.807) is 11.3 Å². The maximum absolute atomic E-state index is 5.32. The standard InChI is InChI=1S/C11H20N2OS/c1-3-14-7-4-5-10(12-2)9-11-13-6-8-15-11/h6,8,10,12H,3-5,7,9H2,1-2H3. The summed E-state index contributed by atoms with van der Waals surface area (Å²) in [7, 11) is 2.01. The highest BCUT2D eigenvalue weighted by Crippen LogP contribution is 2.10. The van der Waals surface area contributed by atoms with E-state index in [1.165, 1.54) is 5.01 Å². The number of likely N-dealkylation sites (N-methyl/N-ethyl adjacent to an activating group) is 1. The molecule has 0 aliphatic carbocycles. The second-order valence-electron chi connectivity index (χ2n) is 3.45. The van der Waals surface area contributed by atoms with Crippen LogP contribution < -0.4 is 5.32 Å². The van der Waals surface area contributed by atoms with Crippen molar-refractivity contribution in [3.8, 4) is 0 Å². The minimum absolute atomic E-state index is 0.525. The smallest absolute Gasteiger partial charge is 0.0940 e. The maximum Gasteiger partial charge on any atom is 0.0940 e. The van der Waals surface area contributed by atoms with Gasteiger partial charge in [-0.25, -0.2) is 4.98 Å². The van der Waals surface area contributed by atoms with E-state index in [4.69, 9.17) is 4.74 Å². The molecule has 0 radical (unpaired) electrons. The molecule has 15 heavy (non-hydrogen) atoms. The van der Waals surface area contributed by atoms with E-state index in [9.17, 15) is 0 Å². The number of rotatable bonds is 8. The first-order valence-corrected chi connectivity index (χ1v) is 6.38. The van der Waals surface area contributed by atoms with Crippen molar-refractivity contribution in [2.75, 3.05) is 20.3 Å². The molecule has 1 rings (SSSR count). The van der Waals surface area contributed by atoms with E-state index in [0.717, 1.165) is 32.5 Å². The van der Waals surface area contributed by atoms with Gasteiger partial charge in [-0.15, -0.1) is 11.3 Å². The fourth-order valence-corrected chi connectivity index (χ4v) is 2.19. The second-order valence-corrected chi connectivity index (χ2v) is 4.43. The molecule has 1 unspecified atom stereocenters. The summed E-state index contributed by atoms with van der Waals surface area (Å²) in [5, 5.41) is 6.57. The van der Waals surface area contributed by atoms with Crippen LogP contribution in [-0.2, 0) is 11.2 Å². The maximum atomic E-state index is 5.32. The molecule has 4 heteroatoms. The molecule has 0 saturated carbocycles. The molecule has 0 spiro atoms. The molecule has 1 aromatic rings. The Morgan fingerprint density at radius 3 is 3.07 bits per heavy atom. The minimum Gasteiger partial charge on any atom is -0.382 e. The van der Waals surface area contributed by atoms with Crippen molar-refractivity contribution >= 4 is 11.3 Å². The van der Waals surface area contributed by atoms with Crippen molar-refractivity contribution in [1.29, 1.82) is 0 Å².